The molecule has 5 nitrogen and oxygen atoms in total. The summed E-state index contributed by atoms with van der Waals surface area (Å²) in [4.78, 5) is 11.2. The van der Waals surface area contributed by atoms with Crippen molar-refractivity contribution in [1.82, 2.24) is 10.2 Å². The van der Waals surface area contributed by atoms with E-state index in [1.54, 1.807) is 18.3 Å². The Balaban J connectivity index is 1.99. The summed E-state index contributed by atoms with van der Waals surface area (Å²) in [6.45, 7) is 0. The molecule has 0 aliphatic heterocycles. The fourth-order valence-corrected chi connectivity index (χ4v) is 2.15. The fraction of sp³-hybridized carbons (Fsp3) is 0. The summed E-state index contributed by atoms with van der Waals surface area (Å²) >= 11 is 5.82. The van der Waals surface area contributed by atoms with E-state index < -0.39 is 5.97 Å². The zero-order chi connectivity index (χ0) is 14.1. The number of benzene rings is 2. The Morgan fingerprint density at radius 3 is 2.90 bits per heavy atom. The van der Waals surface area contributed by atoms with Gasteiger partial charge < -0.3 is 10.4 Å². The smallest absolute Gasteiger partial charge is 0.337 e. The van der Waals surface area contributed by atoms with Gasteiger partial charge in [-0.2, -0.15) is 5.10 Å². The maximum Gasteiger partial charge on any atom is 0.337 e. The second-order valence-corrected chi connectivity index (χ2v) is 4.73. The van der Waals surface area contributed by atoms with Gasteiger partial charge in [0, 0.05) is 16.1 Å². The van der Waals surface area contributed by atoms with E-state index in [-0.39, 0.29) is 5.56 Å². The number of carboxylic acids is 1. The van der Waals surface area contributed by atoms with Gasteiger partial charge in [-0.25, -0.2) is 4.79 Å². The van der Waals surface area contributed by atoms with E-state index in [0.717, 1.165) is 16.6 Å². The van der Waals surface area contributed by atoms with E-state index in [1.807, 2.05) is 18.2 Å². The van der Waals surface area contributed by atoms with E-state index >= 15 is 0 Å². The molecule has 1 aromatic heterocycles. The molecule has 3 N–H and O–H groups in total. The fourth-order valence-electron chi connectivity index (χ4n) is 1.98. The Bertz CT molecular complexity index is 798. The molecule has 0 aliphatic rings. The maximum absolute atomic E-state index is 11.2. The predicted molar refractivity (Wildman–Crippen MR) is 77.8 cm³/mol. The van der Waals surface area contributed by atoms with Crippen molar-refractivity contribution in [2.75, 3.05) is 5.32 Å². The number of aromatic carboxylic acids is 1. The van der Waals surface area contributed by atoms with Gasteiger partial charge in [-0.1, -0.05) is 11.6 Å². The minimum absolute atomic E-state index is 0.129. The number of aromatic amines is 1. The van der Waals surface area contributed by atoms with Crippen molar-refractivity contribution in [3.8, 4) is 0 Å². The van der Waals surface area contributed by atoms with Gasteiger partial charge in [-0.3, -0.25) is 5.10 Å². The first-order valence-corrected chi connectivity index (χ1v) is 6.24. The molecule has 0 saturated carbocycles. The van der Waals surface area contributed by atoms with Gasteiger partial charge in [-0.15, -0.1) is 0 Å². The van der Waals surface area contributed by atoms with E-state index in [2.05, 4.69) is 15.5 Å². The zero-order valence-electron chi connectivity index (χ0n) is 10.2. The van der Waals surface area contributed by atoms with Crippen LogP contribution in [0.5, 0.6) is 0 Å². The van der Waals surface area contributed by atoms with Crippen LogP contribution in [0, 0.1) is 0 Å². The molecule has 0 bridgehead atoms. The molecule has 0 saturated heterocycles. The molecular weight excluding hydrogens is 278 g/mol. The Hall–Kier alpha value is -2.53. The molecule has 0 amide bonds. The van der Waals surface area contributed by atoms with Gasteiger partial charge in [0.05, 0.1) is 23.0 Å². The van der Waals surface area contributed by atoms with Gasteiger partial charge >= 0.3 is 5.97 Å². The molecule has 1 heterocycles. The monoisotopic (exact) mass is 287 g/mol. The first kappa shape index (κ1) is 12.5. The molecule has 20 heavy (non-hydrogen) atoms. The molecule has 0 spiro atoms. The number of halogens is 1. The Labute approximate surface area is 119 Å². The third kappa shape index (κ3) is 2.31. The first-order chi connectivity index (χ1) is 9.63. The number of carbonyl (C=O) groups is 1. The van der Waals surface area contributed by atoms with Crippen molar-refractivity contribution in [2.24, 2.45) is 0 Å². The number of rotatable bonds is 3. The highest BCUT2D eigenvalue weighted by Gasteiger charge is 2.11. The molecule has 100 valence electrons. The minimum atomic E-state index is -1.03. The number of aromatic nitrogens is 2. The van der Waals surface area contributed by atoms with Crippen LogP contribution in [-0.4, -0.2) is 21.3 Å². The van der Waals surface area contributed by atoms with E-state index in [1.165, 1.54) is 6.07 Å². The van der Waals surface area contributed by atoms with Crippen LogP contribution in [0.2, 0.25) is 5.02 Å². The summed E-state index contributed by atoms with van der Waals surface area (Å²) in [5.41, 5.74) is 2.32. The van der Waals surface area contributed by atoms with Crippen LogP contribution in [0.15, 0.2) is 42.6 Å². The lowest BCUT2D eigenvalue weighted by atomic mass is 10.1. The van der Waals surface area contributed by atoms with Crippen LogP contribution in [0.3, 0.4) is 0 Å². The van der Waals surface area contributed by atoms with Crippen molar-refractivity contribution >= 4 is 39.8 Å². The van der Waals surface area contributed by atoms with Crippen LogP contribution >= 0.6 is 11.6 Å². The number of nitrogens with zero attached hydrogens (tertiary/aromatic N) is 1. The number of hydrogen-bond acceptors (Lipinski definition) is 3. The quantitative estimate of drug-likeness (QED) is 0.687. The highest BCUT2D eigenvalue weighted by Crippen LogP contribution is 2.26. The second kappa shape index (κ2) is 4.86. The molecule has 0 aliphatic carbocycles. The number of fused-ring (bicyclic) bond motifs is 1. The van der Waals surface area contributed by atoms with Gasteiger partial charge in [0.25, 0.3) is 0 Å². The standard InChI is InChI=1S/C14H10ClN3O2/c15-9-1-3-13(11(6-9)14(19)20)17-10-2-4-12-8(5-10)7-16-18-12/h1-7,17H,(H,16,18)(H,19,20). The lowest BCUT2D eigenvalue weighted by Crippen LogP contribution is -2.02. The lowest BCUT2D eigenvalue weighted by Gasteiger charge is -2.10. The molecular formula is C14H10ClN3O2. The second-order valence-electron chi connectivity index (χ2n) is 4.29. The number of hydrogen-bond donors (Lipinski definition) is 3. The maximum atomic E-state index is 11.2. The number of anilines is 2. The van der Waals surface area contributed by atoms with Crippen LogP contribution in [0.4, 0.5) is 11.4 Å². The molecule has 0 unspecified atom stereocenters. The van der Waals surface area contributed by atoms with E-state index in [4.69, 9.17) is 11.6 Å². The van der Waals surface area contributed by atoms with Crippen molar-refractivity contribution in [3.63, 3.8) is 0 Å². The molecule has 2 aromatic carbocycles. The zero-order valence-corrected chi connectivity index (χ0v) is 11.0. The molecule has 0 radical (unpaired) electrons. The van der Waals surface area contributed by atoms with Gasteiger partial charge in [0.1, 0.15) is 0 Å². The van der Waals surface area contributed by atoms with Gasteiger partial charge in [0.15, 0.2) is 0 Å². The average molecular weight is 288 g/mol. The predicted octanol–water partition coefficient (Wildman–Crippen LogP) is 3.66. The van der Waals surface area contributed by atoms with Crippen molar-refractivity contribution in [2.45, 2.75) is 0 Å². The normalized spacial score (nSPS) is 10.7. The molecule has 0 fully saturated rings. The minimum Gasteiger partial charge on any atom is -0.478 e. The molecule has 3 rings (SSSR count). The van der Waals surface area contributed by atoms with Crippen molar-refractivity contribution < 1.29 is 9.90 Å². The first-order valence-electron chi connectivity index (χ1n) is 5.86. The summed E-state index contributed by atoms with van der Waals surface area (Å²) in [5.74, 6) is -1.03. The van der Waals surface area contributed by atoms with Crippen molar-refractivity contribution in [1.29, 1.82) is 0 Å². The van der Waals surface area contributed by atoms with Crippen LogP contribution in [-0.2, 0) is 0 Å². The average Bonchev–Trinajstić information content (AvgIpc) is 2.88. The summed E-state index contributed by atoms with van der Waals surface area (Å²) < 4.78 is 0. The van der Waals surface area contributed by atoms with Crippen LogP contribution in [0.1, 0.15) is 10.4 Å². The highest BCUT2D eigenvalue weighted by atomic mass is 35.5. The van der Waals surface area contributed by atoms with E-state index in [0.29, 0.717) is 10.7 Å². The van der Waals surface area contributed by atoms with Crippen LogP contribution in [0.25, 0.3) is 10.9 Å². The van der Waals surface area contributed by atoms with Gasteiger partial charge in [0.2, 0.25) is 0 Å². The summed E-state index contributed by atoms with van der Waals surface area (Å²) in [6, 6.07) is 10.3. The van der Waals surface area contributed by atoms with Crippen LogP contribution < -0.4 is 5.32 Å². The van der Waals surface area contributed by atoms with Crippen molar-refractivity contribution in [3.05, 3.63) is 53.2 Å². The van der Waals surface area contributed by atoms with E-state index in [9.17, 15) is 9.90 Å². The Morgan fingerprint density at radius 1 is 1.25 bits per heavy atom. The summed E-state index contributed by atoms with van der Waals surface area (Å²) in [7, 11) is 0. The molecule has 6 heteroatoms. The lowest BCUT2D eigenvalue weighted by molar-refractivity contribution is 0.0698. The summed E-state index contributed by atoms with van der Waals surface area (Å²) in [6.07, 6.45) is 1.71. The Morgan fingerprint density at radius 2 is 2.10 bits per heavy atom. The number of nitrogens with one attached hydrogen (secondary N) is 2. The van der Waals surface area contributed by atoms with Gasteiger partial charge in [-0.05, 0) is 36.4 Å². The highest BCUT2D eigenvalue weighted by molar-refractivity contribution is 6.31. The number of carboxylic acid groups (broad SMARTS) is 1. The SMILES string of the molecule is O=C(O)c1cc(Cl)ccc1Nc1ccc2[nH]ncc2c1. The molecule has 3 aromatic rings. The largest absolute Gasteiger partial charge is 0.478 e. The Kier molecular flexibility index (Phi) is 3.04. The summed E-state index contributed by atoms with van der Waals surface area (Å²) in [5, 5.41) is 20.4. The third-order valence-electron chi connectivity index (χ3n) is 2.93. The number of H-pyrrole nitrogens is 1. The molecule has 0 atom stereocenters. The third-order valence-corrected chi connectivity index (χ3v) is 3.17. The topological polar surface area (TPSA) is 78.0 Å².